The van der Waals surface area contributed by atoms with Crippen molar-refractivity contribution in [3.05, 3.63) is 59.9 Å². The van der Waals surface area contributed by atoms with E-state index in [0.29, 0.717) is 18.7 Å². The third-order valence-electron chi connectivity index (χ3n) is 3.75. The molecule has 0 saturated heterocycles. The van der Waals surface area contributed by atoms with Crippen LogP contribution in [0.25, 0.3) is 0 Å². The molecule has 6 nitrogen and oxygen atoms in total. The zero-order valence-electron chi connectivity index (χ0n) is 14.6. The summed E-state index contributed by atoms with van der Waals surface area (Å²) in [4.78, 5) is 29.4. The van der Waals surface area contributed by atoms with Crippen LogP contribution >= 0.6 is 0 Å². The van der Waals surface area contributed by atoms with E-state index in [1.165, 1.54) is 0 Å². The SMILES string of the molecule is CCOC(=O)c1ccc(NCC(=O)N(C)CCc2ccncc2)cc1. The molecule has 0 radical (unpaired) electrons. The Kier molecular flexibility index (Phi) is 6.95. The lowest BCUT2D eigenvalue weighted by atomic mass is 10.2. The van der Waals surface area contributed by atoms with Crippen LogP contribution < -0.4 is 5.32 Å². The zero-order valence-corrected chi connectivity index (χ0v) is 14.6. The number of carbonyl (C=O) groups excluding carboxylic acids is 2. The van der Waals surface area contributed by atoms with E-state index >= 15 is 0 Å². The van der Waals surface area contributed by atoms with E-state index in [1.807, 2.05) is 12.1 Å². The zero-order chi connectivity index (χ0) is 18.1. The van der Waals surface area contributed by atoms with Crippen molar-refractivity contribution in [1.29, 1.82) is 0 Å². The van der Waals surface area contributed by atoms with Crippen molar-refractivity contribution in [3.63, 3.8) is 0 Å². The largest absolute Gasteiger partial charge is 0.462 e. The lowest BCUT2D eigenvalue weighted by Gasteiger charge is -2.18. The predicted molar refractivity (Wildman–Crippen MR) is 96.5 cm³/mol. The first kappa shape index (κ1) is 18.4. The molecule has 2 rings (SSSR count). The first-order valence-electron chi connectivity index (χ1n) is 8.24. The molecule has 6 heteroatoms. The Balaban J connectivity index is 1.77. The summed E-state index contributed by atoms with van der Waals surface area (Å²) < 4.78 is 4.94. The summed E-state index contributed by atoms with van der Waals surface area (Å²) in [5, 5.41) is 3.07. The molecule has 0 bridgehead atoms. The van der Waals surface area contributed by atoms with Crippen LogP contribution in [0.2, 0.25) is 0 Å². The smallest absolute Gasteiger partial charge is 0.338 e. The van der Waals surface area contributed by atoms with Gasteiger partial charge in [0.05, 0.1) is 18.7 Å². The molecule has 1 heterocycles. The lowest BCUT2D eigenvalue weighted by molar-refractivity contribution is -0.127. The van der Waals surface area contributed by atoms with Gasteiger partial charge in [-0.3, -0.25) is 9.78 Å². The van der Waals surface area contributed by atoms with Crippen LogP contribution in [-0.4, -0.2) is 48.5 Å². The second kappa shape index (κ2) is 9.42. The van der Waals surface area contributed by atoms with Crippen LogP contribution in [0.3, 0.4) is 0 Å². The van der Waals surface area contributed by atoms with Crippen LogP contribution in [0.5, 0.6) is 0 Å². The normalized spacial score (nSPS) is 10.2. The van der Waals surface area contributed by atoms with Gasteiger partial charge in [0.2, 0.25) is 5.91 Å². The van der Waals surface area contributed by atoms with Crippen LogP contribution in [0.1, 0.15) is 22.8 Å². The highest BCUT2D eigenvalue weighted by Crippen LogP contribution is 2.10. The standard InChI is InChI=1S/C19H23N3O3/c1-3-25-19(24)16-4-6-17(7-5-16)21-14-18(23)22(2)13-10-15-8-11-20-12-9-15/h4-9,11-12,21H,3,10,13-14H2,1-2H3. The number of rotatable bonds is 8. The number of ether oxygens (including phenoxy) is 1. The molecule has 1 amide bonds. The lowest BCUT2D eigenvalue weighted by Crippen LogP contribution is -2.33. The number of aromatic nitrogens is 1. The van der Waals surface area contributed by atoms with Gasteiger partial charge in [0.25, 0.3) is 0 Å². The minimum atomic E-state index is -0.346. The molecule has 1 aromatic carbocycles. The number of nitrogens with zero attached hydrogens (tertiary/aromatic N) is 2. The fraction of sp³-hybridized carbons (Fsp3) is 0.316. The third-order valence-corrected chi connectivity index (χ3v) is 3.75. The van der Waals surface area contributed by atoms with Gasteiger partial charge in [-0.2, -0.15) is 0 Å². The highest BCUT2D eigenvalue weighted by atomic mass is 16.5. The molecule has 0 unspecified atom stereocenters. The monoisotopic (exact) mass is 341 g/mol. The Morgan fingerprint density at radius 1 is 1.12 bits per heavy atom. The van der Waals surface area contributed by atoms with Crippen molar-refractivity contribution in [2.24, 2.45) is 0 Å². The van der Waals surface area contributed by atoms with Crippen LogP contribution in [0, 0.1) is 0 Å². The van der Waals surface area contributed by atoms with Crippen molar-refractivity contribution < 1.29 is 14.3 Å². The fourth-order valence-corrected chi connectivity index (χ4v) is 2.22. The topological polar surface area (TPSA) is 71.5 Å². The van der Waals surface area contributed by atoms with E-state index < -0.39 is 0 Å². The van der Waals surface area contributed by atoms with E-state index in [1.54, 1.807) is 55.5 Å². The molecule has 132 valence electrons. The minimum absolute atomic E-state index is 0.00326. The summed E-state index contributed by atoms with van der Waals surface area (Å²) in [6.45, 7) is 2.96. The molecule has 0 spiro atoms. The van der Waals surface area contributed by atoms with Crippen molar-refractivity contribution in [1.82, 2.24) is 9.88 Å². The number of nitrogens with one attached hydrogen (secondary N) is 1. The molecule has 1 N–H and O–H groups in total. The molecule has 0 aliphatic heterocycles. The highest BCUT2D eigenvalue weighted by Gasteiger charge is 2.09. The molecule has 2 aromatic rings. The second-order valence-electron chi connectivity index (χ2n) is 5.57. The molecule has 0 aliphatic carbocycles. The first-order chi connectivity index (χ1) is 12.1. The van der Waals surface area contributed by atoms with Gasteiger partial charge in [-0.1, -0.05) is 0 Å². The second-order valence-corrected chi connectivity index (χ2v) is 5.57. The fourth-order valence-electron chi connectivity index (χ4n) is 2.22. The Morgan fingerprint density at radius 2 is 1.80 bits per heavy atom. The maximum absolute atomic E-state index is 12.2. The minimum Gasteiger partial charge on any atom is -0.462 e. The molecule has 1 aromatic heterocycles. The molecule has 0 aliphatic rings. The van der Waals surface area contributed by atoms with Crippen molar-refractivity contribution in [3.8, 4) is 0 Å². The van der Waals surface area contributed by atoms with Gasteiger partial charge < -0.3 is 15.0 Å². The summed E-state index contributed by atoms with van der Waals surface area (Å²) in [6.07, 6.45) is 4.29. The summed E-state index contributed by atoms with van der Waals surface area (Å²) in [5.41, 5.74) is 2.43. The Bertz CT molecular complexity index is 687. The van der Waals surface area contributed by atoms with E-state index in [2.05, 4.69) is 10.3 Å². The Labute approximate surface area is 147 Å². The number of amides is 1. The molecule has 0 saturated carbocycles. The number of pyridine rings is 1. The average molecular weight is 341 g/mol. The van der Waals surface area contributed by atoms with Gasteiger partial charge in [-0.15, -0.1) is 0 Å². The number of likely N-dealkylation sites (N-methyl/N-ethyl adjacent to an activating group) is 1. The van der Waals surface area contributed by atoms with Crippen molar-refractivity contribution in [2.75, 3.05) is 32.1 Å². The van der Waals surface area contributed by atoms with Gasteiger partial charge in [-0.05, 0) is 55.3 Å². The highest BCUT2D eigenvalue weighted by molar-refractivity contribution is 5.90. The number of esters is 1. The number of hydrogen-bond acceptors (Lipinski definition) is 5. The molecule has 0 atom stereocenters. The Morgan fingerprint density at radius 3 is 2.44 bits per heavy atom. The van der Waals surface area contributed by atoms with E-state index in [4.69, 9.17) is 4.74 Å². The predicted octanol–water partition coefficient (Wildman–Crippen LogP) is 2.37. The molecule has 25 heavy (non-hydrogen) atoms. The third kappa shape index (κ3) is 5.91. The molecule has 0 fully saturated rings. The van der Waals surface area contributed by atoms with Gasteiger partial charge >= 0.3 is 5.97 Å². The maximum Gasteiger partial charge on any atom is 0.338 e. The van der Waals surface area contributed by atoms with Crippen molar-refractivity contribution >= 4 is 17.6 Å². The average Bonchev–Trinajstić information content (AvgIpc) is 2.65. The van der Waals surface area contributed by atoms with Crippen LogP contribution in [0.4, 0.5) is 5.69 Å². The summed E-state index contributed by atoms with van der Waals surface area (Å²) in [6, 6.07) is 10.8. The van der Waals surface area contributed by atoms with E-state index in [9.17, 15) is 9.59 Å². The van der Waals surface area contributed by atoms with Crippen LogP contribution in [0.15, 0.2) is 48.8 Å². The summed E-state index contributed by atoms with van der Waals surface area (Å²) in [5.74, 6) is -0.343. The number of anilines is 1. The molecular formula is C19H23N3O3. The van der Waals surface area contributed by atoms with Crippen LogP contribution in [-0.2, 0) is 16.0 Å². The van der Waals surface area contributed by atoms with E-state index in [0.717, 1.165) is 17.7 Å². The quantitative estimate of drug-likeness (QED) is 0.747. The summed E-state index contributed by atoms with van der Waals surface area (Å²) >= 11 is 0. The Hall–Kier alpha value is -2.89. The van der Waals surface area contributed by atoms with Crippen molar-refractivity contribution in [2.45, 2.75) is 13.3 Å². The first-order valence-corrected chi connectivity index (χ1v) is 8.24. The summed E-state index contributed by atoms with van der Waals surface area (Å²) in [7, 11) is 1.79. The number of hydrogen-bond donors (Lipinski definition) is 1. The maximum atomic E-state index is 12.2. The van der Waals surface area contributed by atoms with Gasteiger partial charge in [0.15, 0.2) is 0 Å². The number of benzene rings is 1. The van der Waals surface area contributed by atoms with Gasteiger partial charge in [-0.25, -0.2) is 4.79 Å². The van der Waals surface area contributed by atoms with Gasteiger partial charge in [0, 0.05) is 31.7 Å². The van der Waals surface area contributed by atoms with Gasteiger partial charge in [0.1, 0.15) is 0 Å². The number of carbonyl (C=O) groups is 2. The molecular weight excluding hydrogens is 318 g/mol. The van der Waals surface area contributed by atoms with E-state index in [-0.39, 0.29) is 18.4 Å².